The van der Waals surface area contributed by atoms with E-state index in [4.69, 9.17) is 4.74 Å². The van der Waals surface area contributed by atoms with Crippen LogP contribution >= 0.6 is 0 Å². The first-order valence-corrected chi connectivity index (χ1v) is 5.92. The third kappa shape index (κ3) is 4.09. The topological polar surface area (TPSA) is 9.23 Å². The molecule has 1 aromatic carbocycles. The molecule has 0 aliphatic rings. The van der Waals surface area contributed by atoms with Crippen LogP contribution in [-0.4, -0.2) is 6.61 Å². The maximum Gasteiger partial charge on any atom is 0.416 e. The molecular weight excluding hydrogens is 241 g/mol. The van der Waals surface area contributed by atoms with Gasteiger partial charge < -0.3 is 4.74 Å². The van der Waals surface area contributed by atoms with E-state index < -0.39 is 11.7 Å². The minimum Gasteiger partial charge on any atom is -0.493 e. The van der Waals surface area contributed by atoms with E-state index in [0.29, 0.717) is 30.8 Å². The summed E-state index contributed by atoms with van der Waals surface area (Å²) in [6.07, 6.45) is -0.672. The fourth-order valence-electron chi connectivity index (χ4n) is 1.56. The van der Waals surface area contributed by atoms with Crippen molar-refractivity contribution in [3.05, 3.63) is 42.0 Å². The number of aryl methyl sites for hydroxylation is 1. The summed E-state index contributed by atoms with van der Waals surface area (Å²) in [4.78, 5) is 0. The molecule has 0 atom stereocenters. The number of alkyl halides is 3. The molecule has 0 heterocycles. The molecule has 0 saturated heterocycles. The first kappa shape index (κ1) is 14.6. The van der Waals surface area contributed by atoms with Gasteiger partial charge in [0.2, 0.25) is 0 Å². The van der Waals surface area contributed by atoms with Crippen molar-refractivity contribution < 1.29 is 17.9 Å². The van der Waals surface area contributed by atoms with Crippen molar-refractivity contribution in [3.63, 3.8) is 0 Å². The van der Waals surface area contributed by atoms with Gasteiger partial charge in [0.05, 0.1) is 12.2 Å². The quantitative estimate of drug-likeness (QED) is 0.677. The molecule has 1 rings (SSSR count). The van der Waals surface area contributed by atoms with Gasteiger partial charge in [-0.25, -0.2) is 0 Å². The molecule has 100 valence electrons. The molecule has 0 spiro atoms. The zero-order valence-electron chi connectivity index (χ0n) is 10.4. The van der Waals surface area contributed by atoms with Gasteiger partial charge in [-0.2, -0.15) is 13.2 Å². The van der Waals surface area contributed by atoms with Crippen LogP contribution in [0.15, 0.2) is 30.9 Å². The zero-order chi connectivity index (χ0) is 13.6. The van der Waals surface area contributed by atoms with E-state index in [9.17, 15) is 13.2 Å². The van der Waals surface area contributed by atoms with Gasteiger partial charge in [-0.1, -0.05) is 13.0 Å². The van der Waals surface area contributed by atoms with Crippen molar-refractivity contribution in [1.82, 2.24) is 0 Å². The number of rotatable bonds is 6. The van der Waals surface area contributed by atoms with Crippen molar-refractivity contribution in [2.75, 3.05) is 6.61 Å². The molecule has 0 aliphatic heterocycles. The number of allylic oxidation sites excluding steroid dienone is 1. The minimum absolute atomic E-state index is 0.506. The number of ether oxygens (including phenoxy) is 1. The van der Waals surface area contributed by atoms with Crippen LogP contribution in [0.1, 0.15) is 30.9 Å². The molecule has 0 aliphatic carbocycles. The van der Waals surface area contributed by atoms with Crippen LogP contribution in [0.4, 0.5) is 13.2 Å². The summed E-state index contributed by atoms with van der Waals surface area (Å²) in [7, 11) is 0. The summed E-state index contributed by atoms with van der Waals surface area (Å²) in [6.45, 7) is 6.03. The Morgan fingerprint density at radius 1 is 1.33 bits per heavy atom. The minimum atomic E-state index is -4.31. The molecule has 0 aromatic heterocycles. The molecule has 0 radical (unpaired) electrons. The highest BCUT2D eigenvalue weighted by molar-refractivity contribution is 5.38. The van der Waals surface area contributed by atoms with Gasteiger partial charge >= 0.3 is 6.18 Å². The molecule has 0 amide bonds. The van der Waals surface area contributed by atoms with Crippen molar-refractivity contribution in [3.8, 4) is 5.75 Å². The Labute approximate surface area is 105 Å². The second-order valence-electron chi connectivity index (χ2n) is 4.00. The maximum atomic E-state index is 12.6. The number of halogens is 3. The van der Waals surface area contributed by atoms with Crippen molar-refractivity contribution in [2.45, 2.75) is 32.4 Å². The van der Waals surface area contributed by atoms with Crippen molar-refractivity contribution in [2.24, 2.45) is 0 Å². The van der Waals surface area contributed by atoms with Gasteiger partial charge in [0.15, 0.2) is 0 Å². The Hall–Kier alpha value is -1.45. The molecule has 0 unspecified atom stereocenters. The fraction of sp³-hybridized carbons (Fsp3) is 0.429. The number of hydrogen-bond donors (Lipinski definition) is 0. The van der Waals surface area contributed by atoms with Crippen LogP contribution in [0.5, 0.6) is 5.75 Å². The Morgan fingerprint density at radius 2 is 2.06 bits per heavy atom. The van der Waals surface area contributed by atoms with Crippen LogP contribution in [-0.2, 0) is 12.6 Å². The van der Waals surface area contributed by atoms with Gasteiger partial charge in [0, 0.05) is 0 Å². The highest BCUT2D eigenvalue weighted by Gasteiger charge is 2.31. The smallest absolute Gasteiger partial charge is 0.416 e. The van der Waals surface area contributed by atoms with Crippen LogP contribution < -0.4 is 4.74 Å². The average molecular weight is 258 g/mol. The van der Waals surface area contributed by atoms with E-state index in [1.165, 1.54) is 6.07 Å². The highest BCUT2D eigenvalue weighted by atomic mass is 19.4. The maximum absolute atomic E-state index is 12.6. The first-order chi connectivity index (χ1) is 8.49. The lowest BCUT2D eigenvalue weighted by atomic mass is 10.0. The second kappa shape index (κ2) is 6.47. The van der Waals surface area contributed by atoms with Crippen LogP contribution in [0.3, 0.4) is 0 Å². The van der Waals surface area contributed by atoms with E-state index in [0.717, 1.165) is 18.6 Å². The third-order valence-corrected chi connectivity index (χ3v) is 2.47. The Kier molecular flexibility index (Phi) is 5.25. The third-order valence-electron chi connectivity index (χ3n) is 2.47. The summed E-state index contributed by atoms with van der Waals surface area (Å²) in [5.74, 6) is 0.534. The van der Waals surface area contributed by atoms with Gasteiger partial charge in [0.25, 0.3) is 0 Å². The average Bonchev–Trinajstić information content (AvgIpc) is 2.33. The number of benzene rings is 1. The largest absolute Gasteiger partial charge is 0.493 e. The Balaban J connectivity index is 2.99. The van der Waals surface area contributed by atoms with Gasteiger partial charge in [-0.05, 0) is 43.0 Å². The molecule has 4 heteroatoms. The van der Waals surface area contributed by atoms with Crippen LogP contribution in [0.25, 0.3) is 0 Å². The molecule has 0 saturated carbocycles. The van der Waals surface area contributed by atoms with Gasteiger partial charge in [-0.3, -0.25) is 0 Å². The lowest BCUT2D eigenvalue weighted by Gasteiger charge is -2.13. The SMILES string of the molecule is C=CCCc1cc(C(F)(F)F)ccc1OCCC. The molecule has 0 bridgehead atoms. The Bertz CT molecular complexity index is 397. The monoisotopic (exact) mass is 258 g/mol. The van der Waals surface area contributed by atoms with Crippen LogP contribution in [0, 0.1) is 0 Å². The van der Waals surface area contributed by atoms with E-state index >= 15 is 0 Å². The zero-order valence-corrected chi connectivity index (χ0v) is 10.4. The summed E-state index contributed by atoms with van der Waals surface area (Å²) in [5.41, 5.74) is -0.0522. The fourth-order valence-corrected chi connectivity index (χ4v) is 1.56. The van der Waals surface area contributed by atoms with E-state index in [1.54, 1.807) is 6.08 Å². The van der Waals surface area contributed by atoms with E-state index in [1.807, 2.05) is 6.92 Å². The summed E-state index contributed by atoms with van der Waals surface area (Å²) < 4.78 is 43.3. The molecule has 1 nitrogen and oxygen atoms in total. The van der Waals surface area contributed by atoms with E-state index in [2.05, 4.69) is 6.58 Å². The molecule has 1 aromatic rings. The predicted molar refractivity (Wildman–Crippen MR) is 65.7 cm³/mol. The molecule has 0 fully saturated rings. The standard InChI is InChI=1S/C14H17F3O/c1-3-5-6-11-10-12(14(15,16)17)7-8-13(11)18-9-4-2/h3,7-8,10H,1,4-6,9H2,2H3. The van der Waals surface area contributed by atoms with Crippen molar-refractivity contribution >= 4 is 0 Å². The van der Waals surface area contributed by atoms with Crippen molar-refractivity contribution in [1.29, 1.82) is 0 Å². The van der Waals surface area contributed by atoms with Crippen LogP contribution in [0.2, 0.25) is 0 Å². The Morgan fingerprint density at radius 3 is 2.61 bits per heavy atom. The molecule has 18 heavy (non-hydrogen) atoms. The molecular formula is C14H17F3O. The molecule has 0 N–H and O–H groups in total. The summed E-state index contributed by atoms with van der Waals surface area (Å²) in [5, 5.41) is 0. The lowest BCUT2D eigenvalue weighted by Crippen LogP contribution is -2.07. The second-order valence-corrected chi connectivity index (χ2v) is 4.00. The lowest BCUT2D eigenvalue weighted by molar-refractivity contribution is -0.137. The normalized spacial score (nSPS) is 11.3. The van der Waals surface area contributed by atoms with E-state index in [-0.39, 0.29) is 0 Å². The summed E-state index contributed by atoms with van der Waals surface area (Å²) >= 11 is 0. The van der Waals surface area contributed by atoms with Gasteiger partial charge in [-0.15, -0.1) is 6.58 Å². The first-order valence-electron chi connectivity index (χ1n) is 5.92. The predicted octanol–water partition coefficient (Wildman–Crippen LogP) is 4.61. The summed E-state index contributed by atoms with van der Waals surface area (Å²) in [6, 6.07) is 3.62. The highest BCUT2D eigenvalue weighted by Crippen LogP contribution is 2.33. The number of hydrogen-bond acceptors (Lipinski definition) is 1. The van der Waals surface area contributed by atoms with Gasteiger partial charge in [0.1, 0.15) is 5.75 Å².